The summed E-state index contributed by atoms with van der Waals surface area (Å²) in [6.45, 7) is 0.179. The minimum Gasteiger partial charge on any atom is -0.465 e. The van der Waals surface area contributed by atoms with Gasteiger partial charge in [0.2, 0.25) is 0 Å². The van der Waals surface area contributed by atoms with Gasteiger partial charge in [0.15, 0.2) is 6.54 Å². The van der Waals surface area contributed by atoms with Crippen LogP contribution in [0.15, 0.2) is 46.9 Å². The van der Waals surface area contributed by atoms with Gasteiger partial charge >= 0.3 is 5.97 Å². The van der Waals surface area contributed by atoms with Gasteiger partial charge in [-0.1, -0.05) is 45.7 Å². The summed E-state index contributed by atoms with van der Waals surface area (Å²) in [4.78, 5) is 11.5. The van der Waals surface area contributed by atoms with Crippen molar-refractivity contribution in [3.8, 4) is 0 Å². The van der Waals surface area contributed by atoms with Crippen molar-refractivity contribution in [2.24, 2.45) is 0 Å². The highest BCUT2D eigenvalue weighted by Crippen LogP contribution is 2.30. The van der Waals surface area contributed by atoms with Crippen LogP contribution in [0.5, 0.6) is 0 Å². The minimum absolute atomic E-state index is 0.179. The molecule has 0 aliphatic carbocycles. The van der Waals surface area contributed by atoms with Crippen LogP contribution in [0.2, 0.25) is 5.02 Å². The number of esters is 1. The molecule has 0 heterocycles. The van der Waals surface area contributed by atoms with Gasteiger partial charge in [-0.05, 0) is 24.3 Å². The first-order valence-corrected chi connectivity index (χ1v) is 7.89. The van der Waals surface area contributed by atoms with Crippen molar-refractivity contribution in [3.63, 3.8) is 0 Å². The Kier molecular flexibility index (Phi) is 5.83. The van der Waals surface area contributed by atoms with Crippen molar-refractivity contribution >= 4 is 39.2 Å². The Morgan fingerprint density at radius 2 is 2.05 bits per heavy atom. The fourth-order valence-electron chi connectivity index (χ4n) is 2.26. The summed E-state index contributed by atoms with van der Waals surface area (Å²) in [5, 5.41) is 2.50. The predicted octanol–water partition coefficient (Wildman–Crippen LogP) is 2.51. The Labute approximate surface area is 142 Å². The summed E-state index contributed by atoms with van der Waals surface area (Å²) in [7, 11) is 1.37. The smallest absolute Gasteiger partial charge is 0.361 e. The molecule has 0 spiro atoms. The van der Waals surface area contributed by atoms with E-state index in [1.807, 2.05) is 47.8 Å². The molecule has 0 aromatic heterocycles. The highest BCUT2D eigenvalue weighted by Gasteiger charge is 2.23. The van der Waals surface area contributed by atoms with Gasteiger partial charge < -0.3 is 15.8 Å². The van der Waals surface area contributed by atoms with Crippen molar-refractivity contribution in [2.45, 2.75) is 6.04 Å². The lowest BCUT2D eigenvalue weighted by molar-refractivity contribution is -0.677. The third kappa shape index (κ3) is 4.00. The third-order valence-corrected chi connectivity index (χ3v) is 4.21. The van der Waals surface area contributed by atoms with Crippen LogP contribution in [-0.2, 0) is 9.53 Å². The lowest BCUT2D eigenvalue weighted by Gasteiger charge is -2.19. The monoisotopic (exact) mass is 383 g/mol. The van der Waals surface area contributed by atoms with Crippen molar-refractivity contribution in [1.82, 2.24) is 0 Å². The average molecular weight is 385 g/mol. The first kappa shape index (κ1) is 16.8. The largest absolute Gasteiger partial charge is 0.465 e. The molecule has 2 aromatic rings. The Balaban J connectivity index is 2.43. The van der Waals surface area contributed by atoms with Crippen LogP contribution < -0.4 is 11.1 Å². The van der Waals surface area contributed by atoms with E-state index < -0.39 is 0 Å². The molecular weight excluding hydrogens is 368 g/mol. The molecule has 2 rings (SSSR count). The first-order valence-electron chi connectivity index (χ1n) is 6.72. The van der Waals surface area contributed by atoms with E-state index in [0.717, 1.165) is 15.6 Å². The Bertz CT molecular complexity index is 679. The number of quaternary nitrogens is 1. The van der Waals surface area contributed by atoms with Crippen LogP contribution in [0.25, 0.3) is 0 Å². The number of benzene rings is 2. The van der Waals surface area contributed by atoms with Gasteiger partial charge in [-0.2, -0.15) is 0 Å². The van der Waals surface area contributed by atoms with Crippen LogP contribution in [-0.4, -0.2) is 19.6 Å². The maximum Gasteiger partial charge on any atom is 0.361 e. The zero-order chi connectivity index (χ0) is 16.1. The summed E-state index contributed by atoms with van der Waals surface area (Å²) in [6, 6.07) is 13.0. The first-order chi connectivity index (χ1) is 10.5. The number of carbonyl (C=O) groups excluding carboxylic acids is 1. The van der Waals surface area contributed by atoms with E-state index in [1.54, 1.807) is 0 Å². The Morgan fingerprint density at radius 1 is 1.32 bits per heavy atom. The standard InChI is InChI=1S/C16H16BrClN2O2/c1-22-15(21)9-20-16(11-4-2-3-5-13(11)18)12-8-10(17)6-7-14(12)19/h2-8,16,20H,9,19H2,1H3/p+1/t16-/m1/s1. The highest BCUT2D eigenvalue weighted by molar-refractivity contribution is 9.10. The van der Waals surface area contributed by atoms with Crippen LogP contribution in [0.1, 0.15) is 17.2 Å². The summed E-state index contributed by atoms with van der Waals surface area (Å²) in [6.07, 6.45) is 0. The fourth-order valence-corrected chi connectivity index (χ4v) is 2.89. The lowest BCUT2D eigenvalue weighted by Crippen LogP contribution is -2.87. The molecule has 0 aliphatic heterocycles. The normalized spacial score (nSPS) is 12.0. The molecule has 0 fully saturated rings. The zero-order valence-corrected chi connectivity index (χ0v) is 14.4. The molecule has 0 amide bonds. The number of rotatable bonds is 5. The molecule has 0 unspecified atom stereocenters. The van der Waals surface area contributed by atoms with Gasteiger partial charge in [0.1, 0.15) is 6.04 Å². The van der Waals surface area contributed by atoms with Crippen LogP contribution in [0.4, 0.5) is 5.69 Å². The molecular formula is C16H17BrClN2O2+. The molecule has 22 heavy (non-hydrogen) atoms. The number of ether oxygens (including phenoxy) is 1. The quantitative estimate of drug-likeness (QED) is 0.615. The van der Waals surface area contributed by atoms with Crippen molar-refractivity contribution in [3.05, 3.63) is 63.1 Å². The van der Waals surface area contributed by atoms with Crippen LogP contribution in [0, 0.1) is 0 Å². The van der Waals surface area contributed by atoms with E-state index in [9.17, 15) is 4.79 Å². The van der Waals surface area contributed by atoms with Crippen LogP contribution in [0.3, 0.4) is 0 Å². The SMILES string of the molecule is COC(=O)C[NH2+][C@@H](c1cc(Br)ccc1N)c1ccccc1Cl. The molecule has 0 bridgehead atoms. The molecule has 0 saturated carbocycles. The van der Waals surface area contributed by atoms with Crippen molar-refractivity contribution in [2.75, 3.05) is 19.4 Å². The maximum absolute atomic E-state index is 11.5. The highest BCUT2D eigenvalue weighted by atomic mass is 79.9. The van der Waals surface area contributed by atoms with E-state index in [-0.39, 0.29) is 18.6 Å². The predicted molar refractivity (Wildman–Crippen MR) is 90.7 cm³/mol. The Morgan fingerprint density at radius 3 is 2.73 bits per heavy atom. The summed E-state index contributed by atoms with van der Waals surface area (Å²) in [5.41, 5.74) is 8.56. The summed E-state index contributed by atoms with van der Waals surface area (Å²) >= 11 is 9.78. The summed E-state index contributed by atoms with van der Waals surface area (Å²) < 4.78 is 5.63. The van der Waals surface area contributed by atoms with Crippen LogP contribution >= 0.6 is 27.5 Å². The summed E-state index contributed by atoms with van der Waals surface area (Å²) in [5.74, 6) is -0.300. The molecule has 4 nitrogen and oxygen atoms in total. The maximum atomic E-state index is 11.5. The molecule has 0 saturated heterocycles. The van der Waals surface area contributed by atoms with Crippen molar-refractivity contribution < 1.29 is 14.8 Å². The van der Waals surface area contributed by atoms with E-state index in [1.165, 1.54) is 7.11 Å². The second-order valence-corrected chi connectivity index (χ2v) is 6.11. The molecule has 6 heteroatoms. The van der Waals surface area contributed by atoms with E-state index in [0.29, 0.717) is 10.7 Å². The second-order valence-electron chi connectivity index (χ2n) is 4.79. The van der Waals surface area contributed by atoms with Gasteiger partial charge in [0.05, 0.1) is 12.1 Å². The fraction of sp³-hybridized carbons (Fsp3) is 0.188. The van der Waals surface area contributed by atoms with E-state index in [2.05, 4.69) is 15.9 Å². The molecule has 2 aromatic carbocycles. The second kappa shape index (κ2) is 7.63. The number of methoxy groups -OCH3 is 1. The van der Waals surface area contributed by atoms with E-state index in [4.69, 9.17) is 22.1 Å². The topological polar surface area (TPSA) is 68.9 Å². The van der Waals surface area contributed by atoms with Gasteiger partial charge in [0.25, 0.3) is 0 Å². The lowest BCUT2D eigenvalue weighted by atomic mass is 9.97. The number of halogens is 2. The number of nitrogen functional groups attached to an aromatic ring is 1. The van der Waals surface area contributed by atoms with Gasteiger partial charge in [-0.25, -0.2) is 4.79 Å². The van der Waals surface area contributed by atoms with Crippen molar-refractivity contribution in [1.29, 1.82) is 0 Å². The molecule has 4 N–H and O–H groups in total. The third-order valence-electron chi connectivity index (χ3n) is 3.37. The van der Waals surface area contributed by atoms with Gasteiger partial charge in [-0.15, -0.1) is 0 Å². The number of hydrogen-bond acceptors (Lipinski definition) is 3. The Hall–Kier alpha value is -1.56. The number of hydrogen-bond donors (Lipinski definition) is 2. The number of carbonyl (C=O) groups is 1. The number of anilines is 1. The van der Waals surface area contributed by atoms with Gasteiger partial charge in [0, 0.05) is 21.3 Å². The molecule has 116 valence electrons. The molecule has 0 radical (unpaired) electrons. The molecule has 0 aliphatic rings. The van der Waals surface area contributed by atoms with Gasteiger partial charge in [-0.3, -0.25) is 0 Å². The minimum atomic E-state index is -0.300. The zero-order valence-electron chi connectivity index (χ0n) is 12.1. The molecule has 1 atom stereocenters. The van der Waals surface area contributed by atoms with E-state index >= 15 is 0 Å². The number of nitrogens with two attached hydrogens (primary N) is 2. The average Bonchev–Trinajstić information content (AvgIpc) is 2.52.